The van der Waals surface area contributed by atoms with Gasteiger partial charge in [-0.3, -0.25) is 0 Å². The van der Waals surface area contributed by atoms with Crippen molar-refractivity contribution >= 4 is 0 Å². The van der Waals surface area contributed by atoms with Crippen LogP contribution in [0.25, 0.3) is 0 Å². The topological polar surface area (TPSA) is 18.5 Å². The Morgan fingerprint density at radius 2 is 1.19 bits per heavy atom. The van der Waals surface area contributed by atoms with Gasteiger partial charge in [0.25, 0.3) is 0 Å². The van der Waals surface area contributed by atoms with Crippen LogP contribution in [-0.2, 0) is 9.47 Å². The molecule has 2 nitrogen and oxygen atoms in total. The highest BCUT2D eigenvalue weighted by Crippen LogP contribution is 2.56. The van der Waals surface area contributed by atoms with Crippen molar-refractivity contribution in [3.8, 4) is 0 Å². The maximum absolute atomic E-state index is 6.77. The zero-order valence-corrected chi connectivity index (χ0v) is 23.0. The summed E-state index contributed by atoms with van der Waals surface area (Å²) in [6.07, 6.45) is 35.7. The Hall–Kier alpha value is -0.600. The van der Waals surface area contributed by atoms with Gasteiger partial charge in [-0.1, -0.05) is 68.6 Å². The summed E-state index contributed by atoms with van der Waals surface area (Å²) in [5.41, 5.74) is 6.08. The van der Waals surface area contributed by atoms with E-state index in [1.54, 1.807) is 5.57 Å². The Bertz CT molecular complexity index is 854. The normalized spacial score (nSPS) is 40.4. The summed E-state index contributed by atoms with van der Waals surface area (Å²) < 4.78 is 13.5. The van der Waals surface area contributed by atoms with Gasteiger partial charge in [0.05, 0.1) is 23.4 Å². The monoisotopic (exact) mass is 492 g/mol. The fraction of sp³-hybridized carbons (Fsp3) is 0.882. The van der Waals surface area contributed by atoms with Gasteiger partial charge >= 0.3 is 0 Å². The van der Waals surface area contributed by atoms with Crippen molar-refractivity contribution in [2.75, 3.05) is 0 Å². The predicted molar refractivity (Wildman–Crippen MR) is 147 cm³/mol. The molecule has 6 aliphatic carbocycles. The van der Waals surface area contributed by atoms with E-state index in [0.717, 1.165) is 17.8 Å². The van der Waals surface area contributed by atoms with Gasteiger partial charge < -0.3 is 9.47 Å². The van der Waals surface area contributed by atoms with Gasteiger partial charge in [-0.2, -0.15) is 0 Å². The first-order chi connectivity index (χ1) is 17.8. The van der Waals surface area contributed by atoms with Gasteiger partial charge in [0.2, 0.25) is 0 Å². The van der Waals surface area contributed by atoms with E-state index in [9.17, 15) is 0 Å². The Labute approximate surface area is 221 Å². The predicted octanol–water partition coefficient (Wildman–Crippen LogP) is 9.37. The van der Waals surface area contributed by atoms with E-state index < -0.39 is 0 Å². The lowest BCUT2D eigenvalue weighted by atomic mass is 9.64. The SMILES string of the molecule is C1=C2C3CCCCC3OC3(CCCC3)C2CCC1.C1CCC2OC3(CCCC3)C3CCCCC3=C2C1. The molecule has 2 aliphatic heterocycles. The average Bonchev–Trinajstić information content (AvgIpc) is 3.61. The smallest absolute Gasteiger partial charge is 0.0795 e. The van der Waals surface area contributed by atoms with Crippen LogP contribution in [0.4, 0.5) is 0 Å². The molecule has 2 spiro atoms. The lowest BCUT2D eigenvalue weighted by Gasteiger charge is -2.53. The highest BCUT2D eigenvalue weighted by Gasteiger charge is 2.53. The maximum atomic E-state index is 6.77. The van der Waals surface area contributed by atoms with E-state index in [4.69, 9.17) is 9.47 Å². The van der Waals surface area contributed by atoms with Gasteiger partial charge in [-0.25, -0.2) is 0 Å². The lowest BCUT2D eigenvalue weighted by molar-refractivity contribution is -0.170. The molecule has 2 heterocycles. The molecule has 0 amide bonds. The van der Waals surface area contributed by atoms with Crippen LogP contribution in [0.15, 0.2) is 22.8 Å². The second kappa shape index (κ2) is 10.2. The number of fused-ring (bicyclic) bond motifs is 7. The zero-order valence-electron chi connectivity index (χ0n) is 23.0. The molecule has 0 aromatic carbocycles. The summed E-state index contributed by atoms with van der Waals surface area (Å²) in [5, 5.41) is 0. The van der Waals surface area contributed by atoms with Gasteiger partial charge in [-0.15, -0.1) is 0 Å². The first-order valence-corrected chi connectivity index (χ1v) is 16.6. The number of rotatable bonds is 0. The van der Waals surface area contributed by atoms with Crippen molar-refractivity contribution in [3.63, 3.8) is 0 Å². The molecule has 0 N–H and O–H groups in total. The second-order valence-electron chi connectivity index (χ2n) is 14.0. The third kappa shape index (κ3) is 4.20. The highest BCUT2D eigenvalue weighted by molar-refractivity contribution is 5.30. The van der Waals surface area contributed by atoms with Crippen LogP contribution in [0.2, 0.25) is 0 Å². The lowest BCUT2D eigenvalue weighted by Crippen LogP contribution is -2.52. The molecule has 5 unspecified atom stereocenters. The van der Waals surface area contributed by atoms with Crippen molar-refractivity contribution in [2.45, 2.75) is 171 Å². The Balaban J connectivity index is 0.000000122. The fourth-order valence-electron chi connectivity index (χ4n) is 10.6. The Morgan fingerprint density at radius 1 is 0.556 bits per heavy atom. The molecule has 0 bridgehead atoms. The molecule has 8 rings (SSSR count). The molecule has 6 fully saturated rings. The average molecular weight is 493 g/mol. The minimum atomic E-state index is 0.283. The van der Waals surface area contributed by atoms with Crippen LogP contribution in [0.5, 0.6) is 0 Å². The Kier molecular flexibility index (Phi) is 6.91. The molecule has 5 saturated carbocycles. The van der Waals surface area contributed by atoms with E-state index in [1.165, 1.54) is 148 Å². The van der Waals surface area contributed by atoms with Crippen LogP contribution in [0.1, 0.15) is 148 Å². The minimum Gasteiger partial charge on any atom is -0.371 e. The summed E-state index contributed by atoms with van der Waals surface area (Å²) in [4.78, 5) is 0. The third-order valence-corrected chi connectivity index (χ3v) is 12.1. The van der Waals surface area contributed by atoms with E-state index in [0.29, 0.717) is 17.8 Å². The van der Waals surface area contributed by atoms with Crippen molar-refractivity contribution in [1.29, 1.82) is 0 Å². The van der Waals surface area contributed by atoms with Gasteiger partial charge in [0.1, 0.15) is 0 Å². The highest BCUT2D eigenvalue weighted by atomic mass is 16.5. The van der Waals surface area contributed by atoms with E-state index in [-0.39, 0.29) is 5.60 Å². The van der Waals surface area contributed by atoms with Crippen LogP contribution < -0.4 is 0 Å². The molecule has 1 saturated heterocycles. The largest absolute Gasteiger partial charge is 0.371 e. The maximum Gasteiger partial charge on any atom is 0.0795 e. The van der Waals surface area contributed by atoms with Gasteiger partial charge in [0.15, 0.2) is 0 Å². The molecule has 2 heteroatoms. The zero-order chi connectivity index (χ0) is 24.0. The fourth-order valence-corrected chi connectivity index (χ4v) is 10.6. The number of ether oxygens (including phenoxy) is 2. The second-order valence-corrected chi connectivity index (χ2v) is 14.0. The van der Waals surface area contributed by atoms with Crippen molar-refractivity contribution in [2.24, 2.45) is 17.8 Å². The van der Waals surface area contributed by atoms with E-state index in [1.807, 2.05) is 11.1 Å². The number of hydrogen-bond acceptors (Lipinski definition) is 2. The van der Waals surface area contributed by atoms with Crippen molar-refractivity contribution in [3.05, 3.63) is 22.8 Å². The first kappa shape index (κ1) is 24.4. The molecule has 36 heavy (non-hydrogen) atoms. The van der Waals surface area contributed by atoms with Crippen LogP contribution in [0.3, 0.4) is 0 Å². The van der Waals surface area contributed by atoms with Crippen molar-refractivity contribution < 1.29 is 9.47 Å². The van der Waals surface area contributed by atoms with Crippen LogP contribution in [0, 0.1) is 17.8 Å². The van der Waals surface area contributed by atoms with Gasteiger partial charge in [0, 0.05) is 17.8 Å². The molecular weight excluding hydrogens is 440 g/mol. The van der Waals surface area contributed by atoms with Crippen LogP contribution >= 0.6 is 0 Å². The van der Waals surface area contributed by atoms with Crippen LogP contribution in [-0.4, -0.2) is 23.4 Å². The van der Waals surface area contributed by atoms with E-state index >= 15 is 0 Å². The molecular formula is C34H52O2. The summed E-state index contributed by atoms with van der Waals surface area (Å²) >= 11 is 0. The first-order valence-electron chi connectivity index (χ1n) is 16.6. The Morgan fingerprint density at radius 3 is 2.00 bits per heavy atom. The standard InChI is InChI=1S/2C17H26O/c2*1-3-9-15-13(7-1)14-8-2-4-10-16(14)18-17(15)11-5-6-12-17/h15-16H,1-12H2;7,14-16H,1-6,8-12H2. The molecule has 200 valence electrons. The summed E-state index contributed by atoms with van der Waals surface area (Å²) in [6, 6.07) is 0. The summed E-state index contributed by atoms with van der Waals surface area (Å²) in [5.74, 6) is 2.42. The van der Waals surface area contributed by atoms with E-state index in [2.05, 4.69) is 6.08 Å². The summed E-state index contributed by atoms with van der Waals surface area (Å²) in [7, 11) is 0. The molecule has 0 aromatic rings. The summed E-state index contributed by atoms with van der Waals surface area (Å²) in [6.45, 7) is 0. The van der Waals surface area contributed by atoms with Gasteiger partial charge in [-0.05, 0) is 102 Å². The molecule has 0 radical (unpaired) electrons. The third-order valence-electron chi connectivity index (χ3n) is 12.1. The quantitative estimate of drug-likeness (QED) is 0.314. The molecule has 0 aromatic heterocycles. The minimum absolute atomic E-state index is 0.283. The number of allylic oxidation sites excluding steroid dienone is 1. The van der Waals surface area contributed by atoms with Crippen molar-refractivity contribution in [1.82, 2.24) is 0 Å². The molecule has 5 atom stereocenters. The molecule has 8 aliphatic rings. The number of hydrogen-bond donors (Lipinski definition) is 0.